The molecule has 0 unspecified atom stereocenters. The first-order valence-electron chi connectivity index (χ1n) is 7.85. The van der Waals surface area contributed by atoms with Gasteiger partial charge in [0.1, 0.15) is 11.4 Å². The van der Waals surface area contributed by atoms with E-state index >= 15 is 0 Å². The minimum atomic E-state index is -0.458. The van der Waals surface area contributed by atoms with Gasteiger partial charge in [0, 0.05) is 32.4 Å². The molecule has 0 bridgehead atoms. The van der Waals surface area contributed by atoms with E-state index in [1.54, 1.807) is 16.7 Å². The van der Waals surface area contributed by atoms with E-state index in [1.165, 1.54) is 18.3 Å². The summed E-state index contributed by atoms with van der Waals surface area (Å²) in [5.74, 6) is -0.0320. The lowest BCUT2D eigenvalue weighted by molar-refractivity contribution is 0.0699. The number of carbonyl (C=O) groups is 2. The van der Waals surface area contributed by atoms with E-state index in [9.17, 15) is 14.4 Å². The van der Waals surface area contributed by atoms with Gasteiger partial charge in [0.15, 0.2) is 11.0 Å². The van der Waals surface area contributed by atoms with E-state index in [-0.39, 0.29) is 28.4 Å². The molecule has 0 atom stereocenters. The number of aromatic nitrogens is 2. The van der Waals surface area contributed by atoms with Crippen LogP contribution in [0.4, 0.5) is 0 Å². The maximum absolute atomic E-state index is 12.6. The smallest absolute Gasteiger partial charge is 0.289 e. The molecule has 1 aliphatic heterocycles. The third kappa shape index (κ3) is 3.74. The zero-order valence-electron chi connectivity index (χ0n) is 13.6. The summed E-state index contributed by atoms with van der Waals surface area (Å²) in [5, 5.41) is 0.154. The highest BCUT2D eigenvalue weighted by Gasteiger charge is 2.26. The molecule has 0 aliphatic carbocycles. The van der Waals surface area contributed by atoms with Gasteiger partial charge in [0.05, 0.1) is 0 Å². The Kier molecular flexibility index (Phi) is 4.89. The van der Waals surface area contributed by atoms with Crippen molar-refractivity contribution in [3.63, 3.8) is 0 Å². The molecular formula is C16H17ClN4O4. The number of hydrogen-bond donors (Lipinski definition) is 1. The fourth-order valence-corrected chi connectivity index (χ4v) is 2.86. The lowest BCUT2D eigenvalue weighted by Crippen LogP contribution is -2.39. The van der Waals surface area contributed by atoms with Gasteiger partial charge in [-0.15, -0.1) is 0 Å². The summed E-state index contributed by atoms with van der Waals surface area (Å²) in [6.07, 6.45) is 1.89. The van der Waals surface area contributed by atoms with Crippen molar-refractivity contribution in [1.82, 2.24) is 19.8 Å². The van der Waals surface area contributed by atoms with Crippen LogP contribution in [0.2, 0.25) is 5.22 Å². The van der Waals surface area contributed by atoms with Crippen LogP contribution in [-0.2, 0) is 0 Å². The molecule has 0 radical (unpaired) electrons. The fraction of sp³-hybridized carbons (Fsp3) is 0.375. The summed E-state index contributed by atoms with van der Waals surface area (Å²) >= 11 is 5.71. The highest BCUT2D eigenvalue weighted by molar-refractivity contribution is 6.29. The van der Waals surface area contributed by atoms with Crippen LogP contribution < -0.4 is 5.56 Å². The predicted octanol–water partition coefficient (Wildman–Crippen LogP) is 1.31. The number of rotatable bonds is 2. The number of nitrogens with one attached hydrogen (secondary N) is 1. The molecule has 25 heavy (non-hydrogen) atoms. The van der Waals surface area contributed by atoms with Crippen molar-refractivity contribution in [2.45, 2.75) is 13.3 Å². The summed E-state index contributed by atoms with van der Waals surface area (Å²) in [4.78, 5) is 46.6. The zero-order chi connectivity index (χ0) is 18.0. The van der Waals surface area contributed by atoms with Crippen molar-refractivity contribution >= 4 is 23.4 Å². The van der Waals surface area contributed by atoms with Crippen molar-refractivity contribution in [2.24, 2.45) is 0 Å². The molecule has 0 saturated carbocycles. The van der Waals surface area contributed by atoms with Crippen LogP contribution in [0, 0.1) is 6.92 Å². The summed E-state index contributed by atoms with van der Waals surface area (Å²) < 4.78 is 5.15. The zero-order valence-corrected chi connectivity index (χ0v) is 14.4. The molecule has 8 nitrogen and oxygen atoms in total. The second kappa shape index (κ2) is 7.10. The van der Waals surface area contributed by atoms with Crippen molar-refractivity contribution in [2.75, 3.05) is 26.2 Å². The standard InChI is InChI=1S/C16H17ClN4O4/c1-10-18-9-11(14(22)19-10)15(23)20-5-2-6-21(8-7-20)16(24)12-3-4-13(17)25-12/h3-4,9H,2,5-8H2,1H3,(H,18,19,22). The summed E-state index contributed by atoms with van der Waals surface area (Å²) in [6, 6.07) is 3.04. The molecule has 9 heteroatoms. The molecule has 1 N–H and O–H groups in total. The molecule has 1 saturated heterocycles. The van der Waals surface area contributed by atoms with Gasteiger partial charge < -0.3 is 19.2 Å². The van der Waals surface area contributed by atoms with Gasteiger partial charge in [-0.3, -0.25) is 14.4 Å². The number of furan rings is 1. The number of hydrogen-bond acceptors (Lipinski definition) is 5. The molecule has 3 rings (SSSR count). The summed E-state index contributed by atoms with van der Waals surface area (Å²) in [5.41, 5.74) is -0.455. The molecule has 1 aliphatic rings. The van der Waals surface area contributed by atoms with E-state index in [1.807, 2.05) is 0 Å². The molecular weight excluding hydrogens is 348 g/mol. The molecule has 2 amide bonds. The van der Waals surface area contributed by atoms with E-state index in [4.69, 9.17) is 16.0 Å². The number of nitrogens with zero attached hydrogens (tertiary/aromatic N) is 3. The van der Waals surface area contributed by atoms with Crippen LogP contribution >= 0.6 is 11.6 Å². The van der Waals surface area contributed by atoms with Gasteiger partial charge in [-0.25, -0.2) is 4.98 Å². The maximum atomic E-state index is 12.6. The van der Waals surface area contributed by atoms with Crippen LogP contribution in [0.5, 0.6) is 0 Å². The number of aromatic amines is 1. The molecule has 132 valence electrons. The normalized spacial score (nSPS) is 15.1. The van der Waals surface area contributed by atoms with Gasteiger partial charge in [0.25, 0.3) is 17.4 Å². The average molecular weight is 365 g/mol. The molecule has 1 fully saturated rings. The van der Waals surface area contributed by atoms with Crippen LogP contribution in [0.15, 0.2) is 27.5 Å². The van der Waals surface area contributed by atoms with Crippen molar-refractivity contribution in [1.29, 1.82) is 0 Å². The fourth-order valence-electron chi connectivity index (χ4n) is 2.72. The molecule has 2 aromatic rings. The van der Waals surface area contributed by atoms with Gasteiger partial charge in [-0.2, -0.15) is 0 Å². The molecule has 3 heterocycles. The minimum Gasteiger partial charge on any atom is -0.440 e. The van der Waals surface area contributed by atoms with Crippen LogP contribution in [-0.4, -0.2) is 57.8 Å². The second-order valence-corrected chi connectivity index (χ2v) is 6.13. The highest BCUT2D eigenvalue weighted by atomic mass is 35.5. The quantitative estimate of drug-likeness (QED) is 0.866. The summed E-state index contributed by atoms with van der Waals surface area (Å²) in [6.45, 7) is 3.26. The largest absolute Gasteiger partial charge is 0.440 e. The van der Waals surface area contributed by atoms with E-state index < -0.39 is 5.56 Å². The number of carbonyl (C=O) groups excluding carboxylic acids is 2. The number of H-pyrrole nitrogens is 1. The van der Waals surface area contributed by atoms with Crippen molar-refractivity contribution in [3.8, 4) is 0 Å². The first-order chi connectivity index (χ1) is 12.0. The van der Waals surface area contributed by atoms with Gasteiger partial charge in [0.2, 0.25) is 0 Å². The predicted molar refractivity (Wildman–Crippen MR) is 89.7 cm³/mol. The Balaban J connectivity index is 1.70. The van der Waals surface area contributed by atoms with Crippen molar-refractivity contribution < 1.29 is 14.0 Å². The number of aryl methyl sites for hydroxylation is 1. The van der Waals surface area contributed by atoms with E-state index in [0.29, 0.717) is 38.4 Å². The van der Waals surface area contributed by atoms with E-state index in [0.717, 1.165) is 0 Å². The molecule has 0 spiro atoms. The SMILES string of the molecule is Cc1ncc(C(=O)N2CCCN(C(=O)c3ccc(Cl)o3)CC2)c(=O)[nH]1. The lowest BCUT2D eigenvalue weighted by Gasteiger charge is -2.21. The Hall–Kier alpha value is -2.61. The highest BCUT2D eigenvalue weighted by Crippen LogP contribution is 2.16. The third-order valence-corrected chi connectivity index (χ3v) is 4.21. The van der Waals surface area contributed by atoms with E-state index in [2.05, 4.69) is 9.97 Å². The Morgan fingerprint density at radius 3 is 2.44 bits per heavy atom. The Bertz CT molecular complexity index is 860. The Morgan fingerprint density at radius 2 is 1.84 bits per heavy atom. The first-order valence-corrected chi connectivity index (χ1v) is 8.23. The first kappa shape index (κ1) is 17.2. The monoisotopic (exact) mass is 364 g/mol. The number of amides is 2. The minimum absolute atomic E-state index is 0.00296. The lowest BCUT2D eigenvalue weighted by atomic mass is 10.2. The number of halogens is 1. The van der Waals surface area contributed by atoms with Crippen molar-refractivity contribution in [3.05, 3.63) is 51.1 Å². The third-order valence-electron chi connectivity index (χ3n) is 4.01. The second-order valence-electron chi connectivity index (χ2n) is 5.75. The van der Waals surface area contributed by atoms with Gasteiger partial charge >= 0.3 is 0 Å². The van der Waals surface area contributed by atoms with Crippen LogP contribution in [0.1, 0.15) is 33.2 Å². The molecule has 2 aromatic heterocycles. The topological polar surface area (TPSA) is 99.5 Å². The van der Waals surface area contributed by atoms with Gasteiger partial charge in [-0.05, 0) is 37.1 Å². The van der Waals surface area contributed by atoms with Crippen LogP contribution in [0.25, 0.3) is 0 Å². The average Bonchev–Trinajstić information content (AvgIpc) is 2.86. The Labute approximate surface area is 148 Å². The van der Waals surface area contributed by atoms with Crippen LogP contribution in [0.3, 0.4) is 0 Å². The maximum Gasteiger partial charge on any atom is 0.289 e. The molecule has 0 aromatic carbocycles. The Morgan fingerprint density at radius 1 is 1.16 bits per heavy atom. The summed E-state index contributed by atoms with van der Waals surface area (Å²) in [7, 11) is 0. The van der Waals surface area contributed by atoms with Gasteiger partial charge in [-0.1, -0.05) is 0 Å².